The second-order valence-electron chi connectivity index (χ2n) is 7.88. The Kier molecular flexibility index (Phi) is 9.81. The summed E-state index contributed by atoms with van der Waals surface area (Å²) in [6, 6.07) is 8.48. The minimum Gasteiger partial charge on any atom is -0.490 e. The van der Waals surface area contributed by atoms with Crippen LogP contribution in [0.25, 0.3) is 0 Å². The van der Waals surface area contributed by atoms with Crippen molar-refractivity contribution in [3.63, 3.8) is 0 Å². The van der Waals surface area contributed by atoms with E-state index in [1.54, 1.807) is 29.2 Å². The van der Waals surface area contributed by atoms with Crippen molar-refractivity contribution >= 4 is 52.3 Å². The molecule has 1 unspecified atom stereocenters. The zero-order valence-corrected chi connectivity index (χ0v) is 21.0. The van der Waals surface area contributed by atoms with Crippen LogP contribution in [0.15, 0.2) is 30.3 Å². The lowest BCUT2D eigenvalue weighted by Crippen LogP contribution is -2.37. The van der Waals surface area contributed by atoms with E-state index in [1.165, 1.54) is 0 Å². The van der Waals surface area contributed by atoms with Gasteiger partial charge in [0.15, 0.2) is 5.75 Å². The molecule has 4 nitrogen and oxygen atoms in total. The molecule has 0 bridgehead atoms. The Hall–Kier alpha value is -1.17. The Labute approximate surface area is 209 Å². The molecule has 0 saturated carbocycles. The monoisotopic (exact) mass is 517 g/mol. The van der Waals surface area contributed by atoms with Crippen LogP contribution < -0.4 is 4.74 Å². The van der Waals surface area contributed by atoms with Crippen LogP contribution in [0.3, 0.4) is 0 Å². The smallest absolute Gasteiger partial charge is 0.254 e. The Bertz CT molecular complexity index is 908. The third-order valence-electron chi connectivity index (χ3n) is 5.35. The molecule has 174 valence electrons. The van der Waals surface area contributed by atoms with Crippen LogP contribution in [-0.2, 0) is 11.3 Å². The van der Waals surface area contributed by atoms with Gasteiger partial charge in [0, 0.05) is 35.3 Å². The number of carbonyl (C=O) groups is 1. The van der Waals surface area contributed by atoms with Gasteiger partial charge in [-0.1, -0.05) is 72.2 Å². The van der Waals surface area contributed by atoms with Gasteiger partial charge < -0.3 is 14.4 Å². The molecular weight excluding hydrogens is 492 g/mol. The van der Waals surface area contributed by atoms with Gasteiger partial charge in [-0.2, -0.15) is 0 Å². The van der Waals surface area contributed by atoms with Crippen LogP contribution in [0.2, 0.25) is 20.1 Å². The van der Waals surface area contributed by atoms with Gasteiger partial charge in [-0.25, -0.2) is 0 Å². The van der Waals surface area contributed by atoms with Crippen molar-refractivity contribution in [1.29, 1.82) is 0 Å². The molecule has 32 heavy (non-hydrogen) atoms. The number of amides is 1. The molecule has 1 fully saturated rings. The molecule has 2 aromatic rings. The van der Waals surface area contributed by atoms with Gasteiger partial charge in [0.05, 0.1) is 22.8 Å². The third kappa shape index (κ3) is 6.91. The van der Waals surface area contributed by atoms with E-state index in [1.807, 2.05) is 6.07 Å². The largest absolute Gasteiger partial charge is 0.490 e. The first-order valence-corrected chi connectivity index (χ1v) is 12.4. The van der Waals surface area contributed by atoms with Gasteiger partial charge in [0.1, 0.15) is 0 Å². The highest BCUT2D eigenvalue weighted by Gasteiger charge is 2.25. The molecule has 1 heterocycles. The molecule has 2 aromatic carbocycles. The van der Waals surface area contributed by atoms with Crippen molar-refractivity contribution < 1.29 is 14.3 Å². The standard InChI is InChI=1S/C24H27Cl4NO3/c1-2-3-4-9-32-23-21(27)11-17(12-22(23)28)24(30)29(15-19-6-5-10-31-19)14-16-7-8-18(25)13-20(16)26/h7-8,11-13,19H,2-6,9-10,14-15H2,1H3. The first kappa shape index (κ1) is 25.5. The average molecular weight is 519 g/mol. The molecule has 0 aromatic heterocycles. The fraction of sp³-hybridized carbons (Fsp3) is 0.458. The van der Waals surface area contributed by atoms with Gasteiger partial charge in [-0.15, -0.1) is 0 Å². The van der Waals surface area contributed by atoms with Crippen molar-refractivity contribution in [2.75, 3.05) is 19.8 Å². The number of rotatable bonds is 10. The molecule has 0 radical (unpaired) electrons. The highest BCUT2D eigenvalue weighted by molar-refractivity contribution is 6.37. The minimum atomic E-state index is -0.201. The molecule has 8 heteroatoms. The Morgan fingerprint density at radius 3 is 2.47 bits per heavy atom. The topological polar surface area (TPSA) is 38.8 Å². The molecule has 0 N–H and O–H groups in total. The second kappa shape index (κ2) is 12.3. The summed E-state index contributed by atoms with van der Waals surface area (Å²) < 4.78 is 11.5. The molecule has 1 atom stereocenters. The van der Waals surface area contributed by atoms with E-state index in [0.717, 1.165) is 37.7 Å². The van der Waals surface area contributed by atoms with E-state index in [2.05, 4.69) is 6.92 Å². The summed E-state index contributed by atoms with van der Waals surface area (Å²) in [5.74, 6) is 0.209. The van der Waals surface area contributed by atoms with Gasteiger partial charge in [0.2, 0.25) is 0 Å². The average Bonchev–Trinajstić information content (AvgIpc) is 3.26. The maximum atomic E-state index is 13.5. The fourth-order valence-corrected chi connectivity index (χ4v) is 4.70. The van der Waals surface area contributed by atoms with Crippen LogP contribution in [0.4, 0.5) is 0 Å². The highest BCUT2D eigenvalue weighted by Crippen LogP contribution is 2.35. The Balaban J connectivity index is 1.81. The number of halogens is 4. The number of ether oxygens (including phenoxy) is 2. The number of hydrogen-bond acceptors (Lipinski definition) is 3. The molecule has 3 rings (SSSR count). The summed E-state index contributed by atoms with van der Waals surface area (Å²) in [6.45, 7) is 4.12. The van der Waals surface area contributed by atoms with E-state index in [4.69, 9.17) is 55.9 Å². The number of unbranched alkanes of at least 4 members (excludes halogenated alkanes) is 2. The Morgan fingerprint density at radius 2 is 1.84 bits per heavy atom. The number of hydrogen-bond donors (Lipinski definition) is 0. The fourth-order valence-electron chi connectivity index (χ4n) is 3.64. The summed E-state index contributed by atoms with van der Waals surface area (Å²) in [7, 11) is 0. The molecule has 1 aliphatic rings. The van der Waals surface area contributed by atoms with E-state index in [0.29, 0.717) is 57.7 Å². The van der Waals surface area contributed by atoms with E-state index in [9.17, 15) is 4.79 Å². The minimum absolute atomic E-state index is 0.0165. The van der Waals surface area contributed by atoms with Gasteiger partial charge in [-0.3, -0.25) is 4.79 Å². The molecule has 1 amide bonds. The SMILES string of the molecule is CCCCCOc1c(Cl)cc(C(=O)N(Cc2ccc(Cl)cc2Cl)CC2CCCO2)cc1Cl. The first-order chi connectivity index (χ1) is 15.4. The quantitative estimate of drug-likeness (QED) is 0.302. The predicted octanol–water partition coefficient (Wildman–Crippen LogP) is 7.69. The first-order valence-electron chi connectivity index (χ1n) is 10.9. The lowest BCUT2D eigenvalue weighted by atomic mass is 10.1. The normalized spacial score (nSPS) is 15.7. The molecule has 1 saturated heterocycles. The number of carbonyl (C=O) groups excluding carboxylic acids is 1. The number of nitrogens with zero attached hydrogens (tertiary/aromatic N) is 1. The van der Waals surface area contributed by atoms with Crippen LogP contribution in [-0.4, -0.2) is 36.7 Å². The summed E-state index contributed by atoms with van der Waals surface area (Å²) in [4.78, 5) is 15.2. The van der Waals surface area contributed by atoms with Crippen LogP contribution in [0.5, 0.6) is 5.75 Å². The molecule has 0 spiro atoms. The van der Waals surface area contributed by atoms with Gasteiger partial charge >= 0.3 is 0 Å². The maximum absolute atomic E-state index is 13.5. The zero-order valence-electron chi connectivity index (χ0n) is 18.0. The summed E-state index contributed by atoms with van der Waals surface area (Å²) >= 11 is 25.3. The van der Waals surface area contributed by atoms with E-state index in [-0.39, 0.29) is 12.0 Å². The van der Waals surface area contributed by atoms with E-state index >= 15 is 0 Å². The van der Waals surface area contributed by atoms with Crippen molar-refractivity contribution in [3.8, 4) is 5.75 Å². The number of benzene rings is 2. The van der Waals surface area contributed by atoms with Crippen molar-refractivity contribution in [2.45, 2.75) is 51.7 Å². The summed E-state index contributed by atoms with van der Waals surface area (Å²) in [5.41, 5.74) is 1.19. The van der Waals surface area contributed by atoms with Crippen LogP contribution in [0, 0.1) is 0 Å². The lowest BCUT2D eigenvalue weighted by Gasteiger charge is -2.26. The van der Waals surface area contributed by atoms with Crippen molar-refractivity contribution in [2.24, 2.45) is 0 Å². The van der Waals surface area contributed by atoms with Crippen LogP contribution in [0.1, 0.15) is 54.9 Å². The molecule has 0 aliphatic carbocycles. The van der Waals surface area contributed by atoms with Crippen molar-refractivity contribution in [1.82, 2.24) is 4.90 Å². The molecular formula is C24H27Cl4NO3. The lowest BCUT2D eigenvalue weighted by molar-refractivity contribution is 0.0507. The van der Waals surface area contributed by atoms with Crippen LogP contribution >= 0.6 is 46.4 Å². The molecule has 1 aliphatic heterocycles. The predicted molar refractivity (Wildman–Crippen MR) is 132 cm³/mol. The van der Waals surface area contributed by atoms with Crippen molar-refractivity contribution in [3.05, 3.63) is 61.5 Å². The highest BCUT2D eigenvalue weighted by atomic mass is 35.5. The summed E-state index contributed by atoms with van der Waals surface area (Å²) in [5, 5.41) is 1.69. The third-order valence-corrected chi connectivity index (χ3v) is 6.50. The summed E-state index contributed by atoms with van der Waals surface area (Å²) in [6.07, 6.45) is 4.95. The maximum Gasteiger partial charge on any atom is 0.254 e. The van der Waals surface area contributed by atoms with Gasteiger partial charge in [0.25, 0.3) is 5.91 Å². The van der Waals surface area contributed by atoms with E-state index < -0.39 is 0 Å². The Morgan fingerprint density at radius 1 is 1.09 bits per heavy atom. The second-order valence-corrected chi connectivity index (χ2v) is 9.54. The van der Waals surface area contributed by atoms with Gasteiger partial charge in [-0.05, 0) is 49.1 Å². The zero-order chi connectivity index (χ0) is 23.1.